The average molecular weight is 515 g/mol. The Hall–Kier alpha value is -3.99. The number of carbonyl (C=O) groups is 4. The first-order chi connectivity index (χ1) is 17.3. The van der Waals surface area contributed by atoms with Crippen molar-refractivity contribution in [2.75, 3.05) is 5.32 Å². The van der Waals surface area contributed by atoms with E-state index in [9.17, 15) is 32.3 Å². The zero-order valence-corrected chi connectivity index (χ0v) is 20.1. The number of benzene rings is 2. The van der Waals surface area contributed by atoms with Crippen molar-refractivity contribution in [1.82, 2.24) is 15.5 Å². The van der Waals surface area contributed by atoms with Gasteiger partial charge in [-0.1, -0.05) is 30.3 Å². The van der Waals surface area contributed by atoms with Gasteiger partial charge in [-0.15, -0.1) is 0 Å². The molecule has 11 heteroatoms. The molecule has 8 nitrogen and oxygen atoms in total. The summed E-state index contributed by atoms with van der Waals surface area (Å²) < 4.78 is 39.1. The third kappa shape index (κ3) is 5.72. The molecule has 1 unspecified atom stereocenters. The average Bonchev–Trinajstić information content (AvgIpc) is 3.10. The first-order valence-electron chi connectivity index (χ1n) is 11.6. The van der Waals surface area contributed by atoms with Crippen molar-refractivity contribution in [2.45, 2.75) is 51.0 Å². The van der Waals surface area contributed by atoms with Crippen LogP contribution in [0.5, 0.6) is 0 Å². The molecule has 0 bridgehead atoms. The number of halogens is 3. The molecule has 0 aromatic heterocycles. The van der Waals surface area contributed by atoms with Crippen molar-refractivity contribution >= 4 is 29.3 Å². The minimum atomic E-state index is -4.42. The molecule has 1 fully saturated rings. The lowest BCUT2D eigenvalue weighted by atomic mass is 9.93. The van der Waals surface area contributed by atoms with Gasteiger partial charge in [0.1, 0.15) is 11.7 Å². The summed E-state index contributed by atoms with van der Waals surface area (Å²) >= 11 is 0. The highest BCUT2D eigenvalue weighted by Crippen LogP contribution is 2.30. The van der Waals surface area contributed by atoms with Crippen molar-refractivity contribution in [1.29, 1.82) is 0 Å². The standard InChI is InChI=1S/C26H25F3N4O4/c1-25(2,30-14-15-5-3-7-17(11-15)26(27,28)29)16-6-4-8-18(12-16)31-19-13-22(35)33(24(19)37)20-9-10-21(34)32-23(20)36/h3-8,11-13,20,30-31H,9-10,14H2,1-2H3,(H,32,34,36). The van der Waals surface area contributed by atoms with Crippen molar-refractivity contribution < 1.29 is 32.3 Å². The molecule has 3 N–H and O–H groups in total. The van der Waals surface area contributed by atoms with E-state index in [1.54, 1.807) is 24.3 Å². The number of hydrogen-bond donors (Lipinski definition) is 3. The lowest BCUT2D eigenvalue weighted by molar-refractivity contribution is -0.149. The van der Waals surface area contributed by atoms with Gasteiger partial charge in [0.2, 0.25) is 11.8 Å². The van der Waals surface area contributed by atoms with E-state index in [-0.39, 0.29) is 25.1 Å². The molecular formula is C26H25F3N4O4. The Kier molecular flexibility index (Phi) is 6.92. The maximum Gasteiger partial charge on any atom is 0.416 e. The fourth-order valence-corrected chi connectivity index (χ4v) is 4.22. The number of nitrogens with zero attached hydrogens (tertiary/aromatic N) is 1. The van der Waals surface area contributed by atoms with E-state index in [1.807, 2.05) is 19.9 Å². The van der Waals surface area contributed by atoms with Gasteiger partial charge in [0.25, 0.3) is 11.8 Å². The minimum absolute atomic E-state index is 0.0124. The quantitative estimate of drug-likeness (QED) is 0.490. The van der Waals surface area contributed by atoms with Crippen LogP contribution in [-0.4, -0.2) is 34.6 Å². The molecule has 1 saturated heterocycles. The first-order valence-corrected chi connectivity index (χ1v) is 11.6. The molecule has 2 aliphatic heterocycles. The van der Waals surface area contributed by atoms with Crippen LogP contribution in [-0.2, 0) is 37.4 Å². The number of alkyl halides is 3. The summed E-state index contributed by atoms with van der Waals surface area (Å²) in [5.74, 6) is -2.47. The largest absolute Gasteiger partial charge is 0.416 e. The second-order valence-electron chi connectivity index (χ2n) is 9.42. The van der Waals surface area contributed by atoms with Crippen LogP contribution in [0.15, 0.2) is 60.3 Å². The Balaban J connectivity index is 1.44. The zero-order chi connectivity index (χ0) is 27.0. The monoisotopic (exact) mass is 514 g/mol. The number of carbonyl (C=O) groups excluding carboxylic acids is 4. The highest BCUT2D eigenvalue weighted by atomic mass is 19.4. The van der Waals surface area contributed by atoms with E-state index in [2.05, 4.69) is 16.0 Å². The maximum atomic E-state index is 13.0. The molecule has 37 heavy (non-hydrogen) atoms. The Bertz CT molecular complexity index is 1300. The van der Waals surface area contributed by atoms with Gasteiger partial charge < -0.3 is 10.6 Å². The predicted molar refractivity (Wildman–Crippen MR) is 127 cm³/mol. The molecule has 4 rings (SSSR count). The van der Waals surface area contributed by atoms with E-state index in [0.717, 1.165) is 28.7 Å². The molecular weight excluding hydrogens is 489 g/mol. The van der Waals surface area contributed by atoms with Crippen LogP contribution in [0, 0.1) is 0 Å². The molecule has 1 atom stereocenters. The van der Waals surface area contributed by atoms with E-state index in [4.69, 9.17) is 0 Å². The zero-order valence-electron chi connectivity index (χ0n) is 20.1. The molecule has 194 valence electrons. The van der Waals surface area contributed by atoms with Crippen molar-refractivity contribution in [2.24, 2.45) is 0 Å². The van der Waals surface area contributed by atoms with Crippen LogP contribution in [0.3, 0.4) is 0 Å². The molecule has 4 amide bonds. The number of anilines is 1. The molecule has 0 spiro atoms. The topological polar surface area (TPSA) is 108 Å². The fourth-order valence-electron chi connectivity index (χ4n) is 4.22. The van der Waals surface area contributed by atoms with Gasteiger partial charge >= 0.3 is 6.18 Å². The van der Waals surface area contributed by atoms with Gasteiger partial charge in [0, 0.05) is 30.3 Å². The van der Waals surface area contributed by atoms with Crippen LogP contribution in [0.25, 0.3) is 0 Å². The third-order valence-corrected chi connectivity index (χ3v) is 6.33. The Morgan fingerprint density at radius 2 is 1.70 bits per heavy atom. The van der Waals surface area contributed by atoms with Crippen molar-refractivity contribution in [3.05, 3.63) is 77.0 Å². The molecule has 2 aromatic carbocycles. The summed E-state index contributed by atoms with van der Waals surface area (Å²) in [6, 6.07) is 11.1. The number of piperidine rings is 1. The predicted octanol–water partition coefficient (Wildman–Crippen LogP) is 3.20. The summed E-state index contributed by atoms with van der Waals surface area (Å²) in [5, 5.41) is 8.32. The number of nitrogens with one attached hydrogen (secondary N) is 3. The molecule has 0 saturated carbocycles. The third-order valence-electron chi connectivity index (χ3n) is 6.33. The van der Waals surface area contributed by atoms with Crippen LogP contribution in [0.4, 0.5) is 18.9 Å². The van der Waals surface area contributed by atoms with Gasteiger partial charge in [-0.05, 0) is 49.6 Å². The highest BCUT2D eigenvalue weighted by Gasteiger charge is 2.42. The first kappa shape index (κ1) is 26.1. The fraction of sp³-hybridized carbons (Fsp3) is 0.308. The second-order valence-corrected chi connectivity index (χ2v) is 9.42. The molecule has 0 radical (unpaired) electrons. The van der Waals surface area contributed by atoms with E-state index in [1.165, 1.54) is 6.07 Å². The van der Waals surface area contributed by atoms with Crippen molar-refractivity contribution in [3.63, 3.8) is 0 Å². The normalized spacial score (nSPS) is 18.7. The number of rotatable bonds is 7. The number of imide groups is 2. The van der Waals surface area contributed by atoms with Gasteiger partial charge in [-0.25, -0.2) is 0 Å². The lowest BCUT2D eigenvalue weighted by Gasteiger charge is -2.28. The lowest BCUT2D eigenvalue weighted by Crippen LogP contribution is -2.54. The summed E-state index contributed by atoms with van der Waals surface area (Å²) in [5.41, 5.74) is 0.376. The number of amides is 4. The van der Waals surface area contributed by atoms with E-state index >= 15 is 0 Å². The van der Waals surface area contributed by atoms with Gasteiger partial charge in [-0.3, -0.25) is 29.4 Å². The van der Waals surface area contributed by atoms with Crippen LogP contribution >= 0.6 is 0 Å². The van der Waals surface area contributed by atoms with Crippen LogP contribution in [0.1, 0.15) is 43.4 Å². The minimum Gasteiger partial charge on any atom is -0.351 e. The molecule has 2 heterocycles. The smallest absolute Gasteiger partial charge is 0.351 e. The Morgan fingerprint density at radius 3 is 2.41 bits per heavy atom. The second kappa shape index (κ2) is 9.81. The molecule has 2 aromatic rings. The maximum absolute atomic E-state index is 13.0. The van der Waals surface area contributed by atoms with Crippen LogP contribution in [0.2, 0.25) is 0 Å². The van der Waals surface area contributed by atoms with Crippen LogP contribution < -0.4 is 16.0 Å². The van der Waals surface area contributed by atoms with Gasteiger partial charge in [0.15, 0.2) is 0 Å². The molecule has 0 aliphatic carbocycles. The summed E-state index contributed by atoms with van der Waals surface area (Å²) in [6.07, 6.45) is -3.23. The summed E-state index contributed by atoms with van der Waals surface area (Å²) in [6.45, 7) is 3.93. The van der Waals surface area contributed by atoms with Crippen molar-refractivity contribution in [3.8, 4) is 0 Å². The Labute approximate surface area is 210 Å². The SMILES string of the molecule is CC(C)(NCc1cccc(C(F)(F)F)c1)c1cccc(NC2=CC(=O)N(C3CCC(=O)NC3=O)C2=O)c1. The highest BCUT2D eigenvalue weighted by molar-refractivity contribution is 6.20. The Morgan fingerprint density at radius 1 is 1.00 bits per heavy atom. The summed E-state index contributed by atoms with van der Waals surface area (Å²) in [7, 11) is 0. The van der Waals surface area contributed by atoms with Gasteiger partial charge in [0.05, 0.1) is 5.56 Å². The van der Waals surface area contributed by atoms with E-state index < -0.39 is 46.9 Å². The number of hydrogen-bond acceptors (Lipinski definition) is 6. The van der Waals surface area contributed by atoms with Gasteiger partial charge in [-0.2, -0.15) is 13.2 Å². The molecule has 2 aliphatic rings. The summed E-state index contributed by atoms with van der Waals surface area (Å²) in [4.78, 5) is 49.8. The van der Waals surface area contributed by atoms with E-state index in [0.29, 0.717) is 11.3 Å².